The van der Waals surface area contributed by atoms with E-state index in [0.717, 1.165) is 24.8 Å². The minimum absolute atomic E-state index is 0.0322. The molecule has 0 saturated heterocycles. The average molecular weight is 254 g/mol. The molecule has 0 atom stereocenters. The molecule has 0 heterocycles. The highest BCUT2D eigenvalue weighted by Crippen LogP contribution is 2.28. The Morgan fingerprint density at radius 1 is 1.16 bits per heavy atom. The van der Waals surface area contributed by atoms with Crippen LogP contribution < -0.4 is 0 Å². The summed E-state index contributed by atoms with van der Waals surface area (Å²) in [5.41, 5.74) is 2.32. The lowest BCUT2D eigenvalue weighted by atomic mass is 9.86. The molecule has 2 aromatic carbocycles. The first-order valence-corrected chi connectivity index (χ1v) is 6.88. The third kappa shape index (κ3) is 2.62. The summed E-state index contributed by atoms with van der Waals surface area (Å²) in [5.74, 6) is 0.123. The van der Waals surface area contributed by atoms with Crippen LogP contribution >= 0.6 is 0 Å². The van der Waals surface area contributed by atoms with Gasteiger partial charge in [0.15, 0.2) is 0 Å². The van der Waals surface area contributed by atoms with Crippen LogP contribution in [-0.4, -0.2) is 5.97 Å². The van der Waals surface area contributed by atoms with E-state index in [4.69, 9.17) is 4.74 Å². The maximum Gasteiger partial charge on any atom is 0.309 e. The number of rotatable bonds is 3. The predicted octanol–water partition coefficient (Wildman–Crippen LogP) is 3.99. The minimum atomic E-state index is -0.0322. The molecular formula is C17H18O2. The van der Waals surface area contributed by atoms with E-state index in [1.165, 1.54) is 16.3 Å². The van der Waals surface area contributed by atoms with Gasteiger partial charge < -0.3 is 4.74 Å². The van der Waals surface area contributed by atoms with Crippen LogP contribution in [0.25, 0.3) is 10.8 Å². The highest BCUT2D eigenvalue weighted by atomic mass is 16.5. The van der Waals surface area contributed by atoms with E-state index in [-0.39, 0.29) is 11.9 Å². The van der Waals surface area contributed by atoms with E-state index in [1.54, 1.807) is 0 Å². The molecule has 1 fully saturated rings. The van der Waals surface area contributed by atoms with Gasteiger partial charge >= 0.3 is 5.97 Å². The highest BCUT2D eigenvalue weighted by Gasteiger charge is 2.26. The number of hydrogen-bond donors (Lipinski definition) is 0. The molecule has 19 heavy (non-hydrogen) atoms. The molecule has 1 saturated carbocycles. The quantitative estimate of drug-likeness (QED) is 0.774. The summed E-state index contributed by atoms with van der Waals surface area (Å²) in [7, 11) is 0. The first-order valence-electron chi connectivity index (χ1n) is 6.88. The molecule has 0 N–H and O–H groups in total. The monoisotopic (exact) mass is 254 g/mol. The molecule has 0 aromatic heterocycles. The Bertz CT molecular complexity index is 612. The molecule has 0 amide bonds. The van der Waals surface area contributed by atoms with Crippen molar-refractivity contribution in [2.75, 3.05) is 0 Å². The van der Waals surface area contributed by atoms with Gasteiger partial charge in [0.25, 0.3) is 0 Å². The molecule has 2 heteroatoms. The largest absolute Gasteiger partial charge is 0.461 e. The van der Waals surface area contributed by atoms with Crippen molar-refractivity contribution in [1.29, 1.82) is 0 Å². The van der Waals surface area contributed by atoms with E-state index >= 15 is 0 Å². The number of fused-ring (bicyclic) bond motifs is 1. The Balaban J connectivity index is 1.70. The van der Waals surface area contributed by atoms with Gasteiger partial charge in [0.05, 0.1) is 5.92 Å². The molecule has 0 radical (unpaired) electrons. The van der Waals surface area contributed by atoms with Crippen molar-refractivity contribution in [3.05, 3.63) is 47.5 Å². The van der Waals surface area contributed by atoms with Gasteiger partial charge in [-0.25, -0.2) is 0 Å². The van der Waals surface area contributed by atoms with Crippen LogP contribution in [0.3, 0.4) is 0 Å². The predicted molar refractivity (Wildman–Crippen MR) is 75.8 cm³/mol. The van der Waals surface area contributed by atoms with E-state index in [2.05, 4.69) is 37.3 Å². The lowest BCUT2D eigenvalue weighted by molar-refractivity contribution is -0.152. The van der Waals surface area contributed by atoms with Crippen LogP contribution in [-0.2, 0) is 16.1 Å². The summed E-state index contributed by atoms with van der Waals surface area (Å²) in [6.45, 7) is 2.48. The first kappa shape index (κ1) is 12.2. The second-order valence-corrected chi connectivity index (χ2v) is 5.42. The van der Waals surface area contributed by atoms with Crippen molar-refractivity contribution in [1.82, 2.24) is 0 Å². The zero-order valence-corrected chi connectivity index (χ0v) is 11.2. The molecule has 0 aliphatic heterocycles. The van der Waals surface area contributed by atoms with Gasteiger partial charge in [0, 0.05) is 0 Å². The van der Waals surface area contributed by atoms with Crippen molar-refractivity contribution in [2.24, 2.45) is 5.92 Å². The van der Waals surface area contributed by atoms with Crippen LogP contribution in [0.15, 0.2) is 36.4 Å². The Hall–Kier alpha value is -1.83. The van der Waals surface area contributed by atoms with Crippen LogP contribution in [0.4, 0.5) is 0 Å². The molecule has 0 spiro atoms. The maximum absolute atomic E-state index is 11.7. The Morgan fingerprint density at radius 2 is 1.89 bits per heavy atom. The number of esters is 1. The fourth-order valence-electron chi connectivity index (χ4n) is 2.42. The van der Waals surface area contributed by atoms with E-state index < -0.39 is 0 Å². The summed E-state index contributed by atoms with van der Waals surface area (Å²) in [4.78, 5) is 11.7. The van der Waals surface area contributed by atoms with Crippen LogP contribution in [0, 0.1) is 12.8 Å². The first-order chi connectivity index (χ1) is 9.22. The van der Waals surface area contributed by atoms with Crippen molar-refractivity contribution < 1.29 is 9.53 Å². The van der Waals surface area contributed by atoms with Crippen molar-refractivity contribution in [2.45, 2.75) is 32.8 Å². The van der Waals surface area contributed by atoms with Gasteiger partial charge in [0.2, 0.25) is 0 Å². The van der Waals surface area contributed by atoms with Crippen molar-refractivity contribution in [3.8, 4) is 0 Å². The molecule has 1 aliphatic rings. The molecule has 3 rings (SSSR count). The number of aryl methyl sites for hydroxylation is 1. The van der Waals surface area contributed by atoms with Gasteiger partial charge in [-0.3, -0.25) is 4.79 Å². The highest BCUT2D eigenvalue weighted by molar-refractivity contribution is 5.83. The van der Waals surface area contributed by atoms with Crippen molar-refractivity contribution in [3.63, 3.8) is 0 Å². The molecule has 0 unspecified atom stereocenters. The molecule has 2 aromatic rings. The zero-order valence-electron chi connectivity index (χ0n) is 11.2. The second kappa shape index (κ2) is 5.04. The number of carbonyl (C=O) groups is 1. The van der Waals surface area contributed by atoms with Crippen LogP contribution in [0.2, 0.25) is 0 Å². The lowest BCUT2D eigenvalue weighted by Gasteiger charge is -2.23. The maximum atomic E-state index is 11.7. The lowest BCUT2D eigenvalue weighted by Crippen LogP contribution is -2.23. The number of carbonyl (C=O) groups excluding carboxylic acids is 1. The fraction of sp³-hybridized carbons (Fsp3) is 0.353. The minimum Gasteiger partial charge on any atom is -0.461 e. The number of hydrogen-bond acceptors (Lipinski definition) is 2. The summed E-state index contributed by atoms with van der Waals surface area (Å²) >= 11 is 0. The number of ether oxygens (including phenoxy) is 1. The normalized spacial score (nSPS) is 15.2. The molecule has 1 aliphatic carbocycles. The molecule has 0 bridgehead atoms. The summed E-state index contributed by atoms with van der Waals surface area (Å²) in [5, 5.41) is 2.43. The second-order valence-electron chi connectivity index (χ2n) is 5.42. The molecular weight excluding hydrogens is 236 g/mol. The van der Waals surface area contributed by atoms with Crippen molar-refractivity contribution >= 4 is 16.7 Å². The average Bonchev–Trinajstić information content (AvgIpc) is 2.34. The smallest absolute Gasteiger partial charge is 0.309 e. The SMILES string of the molecule is Cc1ccc2cc(COC(=O)C3CCC3)ccc2c1. The van der Waals surface area contributed by atoms with Gasteiger partial charge in [-0.2, -0.15) is 0 Å². The van der Waals surface area contributed by atoms with Gasteiger partial charge in [-0.1, -0.05) is 42.3 Å². The third-order valence-corrected chi connectivity index (χ3v) is 3.88. The van der Waals surface area contributed by atoms with Gasteiger partial charge in [0.1, 0.15) is 6.61 Å². The van der Waals surface area contributed by atoms with E-state index in [1.807, 2.05) is 6.07 Å². The van der Waals surface area contributed by atoms with Crippen LogP contribution in [0.5, 0.6) is 0 Å². The topological polar surface area (TPSA) is 26.3 Å². The summed E-state index contributed by atoms with van der Waals surface area (Å²) in [6.07, 6.45) is 3.15. The van der Waals surface area contributed by atoms with E-state index in [9.17, 15) is 4.79 Å². The number of benzene rings is 2. The van der Waals surface area contributed by atoms with E-state index in [0.29, 0.717) is 6.61 Å². The Kier molecular flexibility index (Phi) is 3.24. The fourth-order valence-corrected chi connectivity index (χ4v) is 2.42. The summed E-state index contributed by atoms with van der Waals surface area (Å²) < 4.78 is 5.37. The van der Waals surface area contributed by atoms with Gasteiger partial charge in [-0.15, -0.1) is 0 Å². The standard InChI is InChI=1S/C17H18O2/c1-12-5-7-16-10-13(6-8-15(16)9-12)11-19-17(18)14-3-2-4-14/h5-10,14H,2-4,11H2,1H3. The Labute approximate surface area is 113 Å². The zero-order chi connectivity index (χ0) is 13.2. The third-order valence-electron chi connectivity index (χ3n) is 3.88. The molecule has 98 valence electrons. The van der Waals surface area contributed by atoms with Gasteiger partial charge in [-0.05, 0) is 42.2 Å². The van der Waals surface area contributed by atoms with Crippen LogP contribution in [0.1, 0.15) is 30.4 Å². The summed E-state index contributed by atoms with van der Waals surface area (Å²) in [6, 6.07) is 12.6. The molecule has 2 nitrogen and oxygen atoms in total. The Morgan fingerprint density at radius 3 is 2.63 bits per heavy atom.